The fourth-order valence-corrected chi connectivity index (χ4v) is 8.34. The summed E-state index contributed by atoms with van der Waals surface area (Å²) >= 11 is 0. The molecule has 0 saturated heterocycles. The Morgan fingerprint density at radius 3 is 1.32 bits per heavy atom. The predicted octanol–water partition coefficient (Wildman–Crippen LogP) is 12.7. The van der Waals surface area contributed by atoms with Crippen molar-refractivity contribution < 1.29 is 0 Å². The van der Waals surface area contributed by atoms with E-state index in [9.17, 15) is 0 Å². The van der Waals surface area contributed by atoms with Gasteiger partial charge < -0.3 is 4.57 Å². The number of fused-ring (bicyclic) bond motifs is 7. The highest BCUT2D eigenvalue weighted by atomic mass is 15.2. The van der Waals surface area contributed by atoms with Crippen molar-refractivity contribution in [3.63, 3.8) is 0 Å². The highest BCUT2D eigenvalue weighted by Gasteiger charge is 2.25. The Balaban J connectivity index is 1.30. The summed E-state index contributed by atoms with van der Waals surface area (Å²) in [5.74, 6) is 1.82. The van der Waals surface area contributed by atoms with Crippen LogP contribution >= 0.6 is 0 Å². The van der Waals surface area contributed by atoms with Crippen LogP contribution in [-0.4, -0.2) is 24.1 Å². The van der Waals surface area contributed by atoms with Crippen LogP contribution in [0.4, 0.5) is 0 Å². The Morgan fingerprint density at radius 2 is 0.768 bits per heavy atom. The average molecular weight is 716 g/mol. The number of benzene rings is 8. The predicted molar refractivity (Wildman–Crippen MR) is 230 cm³/mol. The molecular weight excluding hydrogens is 683 g/mol. The number of nitrogens with zero attached hydrogens (tertiary/aromatic N) is 5. The second kappa shape index (κ2) is 13.0. The van der Waals surface area contributed by atoms with Gasteiger partial charge in [0.1, 0.15) is 0 Å². The third-order valence-electron chi connectivity index (χ3n) is 10.8. The maximum Gasteiger partial charge on any atom is 0.238 e. The van der Waals surface area contributed by atoms with Crippen LogP contribution in [0.3, 0.4) is 0 Å². The van der Waals surface area contributed by atoms with Gasteiger partial charge >= 0.3 is 0 Å². The van der Waals surface area contributed by atoms with Crippen molar-refractivity contribution in [3.05, 3.63) is 200 Å². The number of hydrogen-bond acceptors (Lipinski definition) is 3. The normalized spacial score (nSPS) is 11.6. The van der Waals surface area contributed by atoms with Gasteiger partial charge in [0, 0.05) is 43.8 Å². The number of rotatable bonds is 6. The molecule has 0 amide bonds. The van der Waals surface area contributed by atoms with Crippen molar-refractivity contribution in [1.82, 2.24) is 24.1 Å². The topological polar surface area (TPSA) is 48.5 Å². The highest BCUT2D eigenvalue weighted by molar-refractivity contribution is 6.26. The van der Waals surface area contributed by atoms with Gasteiger partial charge in [-0.3, -0.25) is 4.57 Å². The van der Waals surface area contributed by atoms with E-state index >= 15 is 0 Å². The molecule has 11 aromatic rings. The Kier molecular flexibility index (Phi) is 7.42. The van der Waals surface area contributed by atoms with Crippen LogP contribution in [0, 0.1) is 0 Å². The molecule has 0 aliphatic heterocycles. The minimum Gasteiger partial charge on any atom is -0.307 e. The Hall–Kier alpha value is -7.63. The molecule has 5 heteroatoms. The quantitative estimate of drug-likeness (QED) is 0.172. The van der Waals surface area contributed by atoms with E-state index < -0.39 is 0 Å². The Bertz CT molecular complexity index is 3110. The minimum atomic E-state index is 0.570. The van der Waals surface area contributed by atoms with Crippen LogP contribution in [0.5, 0.6) is 0 Å². The van der Waals surface area contributed by atoms with Crippen molar-refractivity contribution in [2.75, 3.05) is 0 Å². The molecule has 0 radical (unpaired) electrons. The molecule has 11 rings (SSSR count). The number of para-hydroxylation sites is 3. The van der Waals surface area contributed by atoms with E-state index in [1.807, 2.05) is 36.4 Å². The molecule has 0 aliphatic carbocycles. The first-order valence-electron chi connectivity index (χ1n) is 18.9. The number of hydrogen-bond donors (Lipinski definition) is 0. The molecule has 0 unspecified atom stereocenters. The van der Waals surface area contributed by atoms with E-state index in [4.69, 9.17) is 15.0 Å². The molecule has 0 fully saturated rings. The lowest BCUT2D eigenvalue weighted by molar-refractivity contribution is 0.953. The molecule has 3 heterocycles. The molecule has 0 bridgehead atoms. The molecule has 8 aromatic carbocycles. The van der Waals surface area contributed by atoms with E-state index in [2.05, 4.69) is 173 Å². The van der Waals surface area contributed by atoms with E-state index in [0.717, 1.165) is 71.9 Å². The summed E-state index contributed by atoms with van der Waals surface area (Å²) in [5.41, 5.74) is 12.0. The van der Waals surface area contributed by atoms with Gasteiger partial charge in [0.2, 0.25) is 5.95 Å². The summed E-state index contributed by atoms with van der Waals surface area (Å²) in [7, 11) is 0. The molecule has 0 aliphatic rings. The zero-order valence-electron chi connectivity index (χ0n) is 30.3. The first-order chi connectivity index (χ1) is 27.8. The monoisotopic (exact) mass is 715 g/mol. The molecule has 56 heavy (non-hydrogen) atoms. The van der Waals surface area contributed by atoms with Crippen LogP contribution in [0.2, 0.25) is 0 Å². The summed E-state index contributed by atoms with van der Waals surface area (Å²) in [6.45, 7) is 0. The second-order valence-electron chi connectivity index (χ2n) is 14.0. The van der Waals surface area contributed by atoms with Crippen molar-refractivity contribution in [2.24, 2.45) is 0 Å². The third kappa shape index (κ3) is 5.06. The van der Waals surface area contributed by atoms with Crippen LogP contribution in [0.25, 0.3) is 100 Å². The summed E-state index contributed by atoms with van der Waals surface area (Å²) in [4.78, 5) is 15.4. The zero-order chi connectivity index (χ0) is 37.0. The van der Waals surface area contributed by atoms with E-state index in [1.165, 1.54) is 10.8 Å². The van der Waals surface area contributed by atoms with Gasteiger partial charge in [-0.05, 0) is 29.3 Å². The van der Waals surface area contributed by atoms with E-state index in [-0.39, 0.29) is 0 Å². The van der Waals surface area contributed by atoms with Crippen LogP contribution < -0.4 is 0 Å². The summed E-state index contributed by atoms with van der Waals surface area (Å²) in [5, 5.41) is 4.64. The highest BCUT2D eigenvalue weighted by Crippen LogP contribution is 2.45. The fourth-order valence-electron chi connectivity index (χ4n) is 8.34. The molecule has 0 spiro atoms. The van der Waals surface area contributed by atoms with Gasteiger partial charge in [-0.25, -0.2) is 4.98 Å². The molecular formula is C51H33N5. The van der Waals surface area contributed by atoms with Gasteiger partial charge in [0.05, 0.1) is 27.8 Å². The fraction of sp³-hybridized carbons (Fsp3) is 0. The van der Waals surface area contributed by atoms with Crippen molar-refractivity contribution >= 4 is 43.6 Å². The second-order valence-corrected chi connectivity index (χ2v) is 14.0. The Labute approximate surface area is 323 Å². The van der Waals surface area contributed by atoms with Crippen molar-refractivity contribution in [1.29, 1.82) is 0 Å². The van der Waals surface area contributed by atoms with E-state index in [1.54, 1.807) is 0 Å². The molecule has 0 saturated carbocycles. The van der Waals surface area contributed by atoms with Gasteiger partial charge in [0.25, 0.3) is 0 Å². The maximum atomic E-state index is 5.22. The van der Waals surface area contributed by atoms with Gasteiger partial charge in [-0.15, -0.1) is 0 Å². The first kappa shape index (κ1) is 31.9. The summed E-state index contributed by atoms with van der Waals surface area (Å²) < 4.78 is 4.72. The van der Waals surface area contributed by atoms with Crippen LogP contribution in [0.1, 0.15) is 0 Å². The maximum absolute atomic E-state index is 5.22. The van der Waals surface area contributed by atoms with Crippen molar-refractivity contribution in [2.45, 2.75) is 0 Å². The van der Waals surface area contributed by atoms with Gasteiger partial charge in [-0.1, -0.05) is 182 Å². The smallest absolute Gasteiger partial charge is 0.238 e. The zero-order valence-corrected chi connectivity index (χ0v) is 30.3. The minimum absolute atomic E-state index is 0.570. The lowest BCUT2D eigenvalue weighted by Gasteiger charge is -2.19. The van der Waals surface area contributed by atoms with Crippen LogP contribution in [0.15, 0.2) is 200 Å². The molecule has 262 valence electrons. The SMILES string of the molecule is c1ccc(-c2nc(-c3ccccc3)nc(-n3c4ccccc4c4c3ccc3c5ccccc5n(-c5c(-c6ccccc6)cccc5-c5ccccc5)c34)n2)cc1. The first-order valence-corrected chi connectivity index (χ1v) is 18.9. The average Bonchev–Trinajstić information content (AvgIpc) is 3.80. The standard InChI is InChI=1S/C51H33N5/c1-5-18-34(19-6-1)38-28-17-29-39(35-20-7-2-8-21-35)47(38)56-43-30-15-13-26-40(43)41-32-33-45-46(48(41)56)42-27-14-16-31-44(42)55(45)51-53-49(36-22-9-3-10-23-36)52-50(54-51)37-24-11-4-12-25-37/h1-33H. The van der Waals surface area contributed by atoms with Crippen LogP contribution in [-0.2, 0) is 0 Å². The molecule has 0 atom stereocenters. The molecule has 3 aromatic heterocycles. The summed E-state index contributed by atoms with van der Waals surface area (Å²) in [6.07, 6.45) is 0. The lowest BCUT2D eigenvalue weighted by atomic mass is 9.95. The molecule has 5 nitrogen and oxygen atoms in total. The van der Waals surface area contributed by atoms with E-state index in [0.29, 0.717) is 17.6 Å². The number of aromatic nitrogens is 5. The molecule has 0 N–H and O–H groups in total. The van der Waals surface area contributed by atoms with Gasteiger partial charge in [0.15, 0.2) is 11.6 Å². The summed E-state index contributed by atoms with van der Waals surface area (Å²) in [6, 6.07) is 70.4. The third-order valence-corrected chi connectivity index (χ3v) is 10.8. The largest absolute Gasteiger partial charge is 0.307 e. The van der Waals surface area contributed by atoms with Crippen molar-refractivity contribution in [3.8, 4) is 56.7 Å². The Morgan fingerprint density at radius 1 is 0.304 bits per heavy atom. The lowest BCUT2D eigenvalue weighted by Crippen LogP contribution is -2.06. The van der Waals surface area contributed by atoms with Gasteiger partial charge in [-0.2, -0.15) is 9.97 Å².